The first-order chi connectivity index (χ1) is 11.0. The van der Waals surface area contributed by atoms with Crippen molar-refractivity contribution in [3.8, 4) is 0 Å². The molecule has 2 N–H and O–H groups in total. The molecule has 1 fully saturated rings. The Morgan fingerprint density at radius 2 is 1.91 bits per heavy atom. The standard InChI is InChI=1S/C17H23BrN2O3/c1-2-15(11-21)19-16(22)12-7-9-20(10-8-12)17(23)13-3-5-14(18)6-4-13/h3-6,12,15,21H,2,7-11H2,1H3,(H,19,22). The number of rotatable bonds is 5. The number of nitrogens with one attached hydrogen (secondary N) is 1. The second-order valence-electron chi connectivity index (χ2n) is 5.87. The van der Waals surface area contributed by atoms with Gasteiger partial charge in [0, 0.05) is 29.0 Å². The van der Waals surface area contributed by atoms with Gasteiger partial charge in [-0.1, -0.05) is 22.9 Å². The van der Waals surface area contributed by atoms with Crippen LogP contribution in [-0.2, 0) is 4.79 Å². The lowest BCUT2D eigenvalue weighted by Crippen LogP contribution is -2.46. The molecule has 0 saturated carbocycles. The number of piperidine rings is 1. The van der Waals surface area contributed by atoms with Crippen LogP contribution in [0, 0.1) is 5.92 Å². The van der Waals surface area contributed by atoms with Gasteiger partial charge in [0.15, 0.2) is 0 Å². The summed E-state index contributed by atoms with van der Waals surface area (Å²) < 4.78 is 0.943. The fraction of sp³-hybridized carbons (Fsp3) is 0.529. The molecule has 126 valence electrons. The highest BCUT2D eigenvalue weighted by molar-refractivity contribution is 9.10. The first-order valence-electron chi connectivity index (χ1n) is 8.01. The van der Waals surface area contributed by atoms with Gasteiger partial charge in [0.1, 0.15) is 0 Å². The van der Waals surface area contributed by atoms with Gasteiger partial charge < -0.3 is 15.3 Å². The minimum Gasteiger partial charge on any atom is -0.394 e. The van der Waals surface area contributed by atoms with Crippen LogP contribution in [-0.4, -0.2) is 47.6 Å². The minimum absolute atomic E-state index is 0.0122. The summed E-state index contributed by atoms with van der Waals surface area (Å²) in [5.74, 6) is -0.0793. The number of likely N-dealkylation sites (tertiary alicyclic amines) is 1. The van der Waals surface area contributed by atoms with Gasteiger partial charge in [0.2, 0.25) is 5.91 Å². The molecule has 2 amide bonds. The maximum absolute atomic E-state index is 12.4. The average Bonchev–Trinajstić information content (AvgIpc) is 2.59. The Bertz CT molecular complexity index is 535. The van der Waals surface area contributed by atoms with E-state index >= 15 is 0 Å². The lowest BCUT2D eigenvalue weighted by molar-refractivity contribution is -0.127. The summed E-state index contributed by atoms with van der Waals surface area (Å²) in [6.45, 7) is 3.07. The van der Waals surface area contributed by atoms with Crippen LogP contribution in [0.5, 0.6) is 0 Å². The summed E-state index contributed by atoms with van der Waals surface area (Å²) >= 11 is 3.36. The van der Waals surface area contributed by atoms with Gasteiger partial charge in [-0.15, -0.1) is 0 Å². The Kier molecular flexibility index (Phi) is 6.59. The Hall–Kier alpha value is -1.40. The molecule has 0 bridgehead atoms. The van der Waals surface area contributed by atoms with E-state index in [0.717, 1.165) is 4.47 Å². The highest BCUT2D eigenvalue weighted by atomic mass is 79.9. The van der Waals surface area contributed by atoms with Crippen molar-refractivity contribution in [1.29, 1.82) is 0 Å². The quantitative estimate of drug-likeness (QED) is 0.819. The Balaban J connectivity index is 1.87. The predicted molar refractivity (Wildman–Crippen MR) is 92.1 cm³/mol. The maximum Gasteiger partial charge on any atom is 0.253 e. The average molecular weight is 383 g/mol. The molecule has 1 aromatic rings. The fourth-order valence-corrected chi connectivity index (χ4v) is 2.98. The second-order valence-corrected chi connectivity index (χ2v) is 6.79. The lowest BCUT2D eigenvalue weighted by atomic mass is 9.95. The van der Waals surface area contributed by atoms with Crippen molar-refractivity contribution in [2.75, 3.05) is 19.7 Å². The molecule has 0 radical (unpaired) electrons. The van der Waals surface area contributed by atoms with E-state index < -0.39 is 0 Å². The third-order valence-corrected chi connectivity index (χ3v) is 4.83. The molecular weight excluding hydrogens is 360 g/mol. The van der Waals surface area contributed by atoms with E-state index in [1.807, 2.05) is 19.1 Å². The van der Waals surface area contributed by atoms with Crippen LogP contribution in [0.2, 0.25) is 0 Å². The molecule has 1 atom stereocenters. The molecule has 1 heterocycles. The van der Waals surface area contributed by atoms with Gasteiger partial charge in [-0.3, -0.25) is 9.59 Å². The molecule has 1 aliphatic rings. The number of aliphatic hydroxyl groups excluding tert-OH is 1. The molecule has 2 rings (SSSR count). The molecule has 0 aromatic heterocycles. The third kappa shape index (κ3) is 4.78. The van der Waals surface area contributed by atoms with Crippen LogP contribution < -0.4 is 5.32 Å². The number of hydrogen-bond donors (Lipinski definition) is 2. The van der Waals surface area contributed by atoms with Gasteiger partial charge in [-0.05, 0) is 43.5 Å². The first kappa shape index (κ1) is 17.9. The molecule has 1 aliphatic heterocycles. The number of benzene rings is 1. The summed E-state index contributed by atoms with van der Waals surface area (Å²) in [5.41, 5.74) is 0.669. The van der Waals surface area contributed by atoms with E-state index in [1.165, 1.54) is 0 Å². The number of hydrogen-bond acceptors (Lipinski definition) is 3. The topological polar surface area (TPSA) is 69.6 Å². The normalized spacial score (nSPS) is 16.9. The summed E-state index contributed by atoms with van der Waals surface area (Å²) in [5, 5.41) is 12.0. The molecular formula is C17H23BrN2O3. The molecule has 5 nitrogen and oxygen atoms in total. The Morgan fingerprint density at radius 1 is 1.30 bits per heavy atom. The van der Waals surface area contributed by atoms with Gasteiger partial charge in [-0.25, -0.2) is 0 Å². The van der Waals surface area contributed by atoms with E-state index in [0.29, 0.717) is 37.9 Å². The van der Waals surface area contributed by atoms with Crippen molar-refractivity contribution in [2.24, 2.45) is 5.92 Å². The first-order valence-corrected chi connectivity index (χ1v) is 8.80. The van der Waals surface area contributed by atoms with E-state index in [-0.39, 0.29) is 30.4 Å². The second kappa shape index (κ2) is 8.45. The zero-order valence-electron chi connectivity index (χ0n) is 13.3. The number of carbonyl (C=O) groups excluding carboxylic acids is 2. The Labute approximate surface area is 145 Å². The smallest absolute Gasteiger partial charge is 0.253 e. The van der Waals surface area contributed by atoms with E-state index in [9.17, 15) is 9.59 Å². The van der Waals surface area contributed by atoms with Crippen LogP contribution in [0.25, 0.3) is 0 Å². The van der Waals surface area contributed by atoms with Crippen LogP contribution >= 0.6 is 15.9 Å². The van der Waals surface area contributed by atoms with Crippen molar-refractivity contribution >= 4 is 27.7 Å². The molecule has 1 unspecified atom stereocenters. The van der Waals surface area contributed by atoms with E-state index in [2.05, 4.69) is 21.2 Å². The largest absolute Gasteiger partial charge is 0.394 e. The molecule has 1 saturated heterocycles. The van der Waals surface area contributed by atoms with E-state index in [4.69, 9.17) is 5.11 Å². The van der Waals surface area contributed by atoms with Crippen LogP contribution in [0.1, 0.15) is 36.5 Å². The number of amides is 2. The number of nitrogens with zero attached hydrogens (tertiary/aromatic N) is 1. The zero-order valence-corrected chi connectivity index (χ0v) is 14.9. The maximum atomic E-state index is 12.4. The van der Waals surface area contributed by atoms with Crippen molar-refractivity contribution in [3.63, 3.8) is 0 Å². The third-order valence-electron chi connectivity index (χ3n) is 4.30. The fourth-order valence-electron chi connectivity index (χ4n) is 2.72. The van der Waals surface area contributed by atoms with Crippen molar-refractivity contribution in [1.82, 2.24) is 10.2 Å². The van der Waals surface area contributed by atoms with Crippen molar-refractivity contribution in [3.05, 3.63) is 34.3 Å². The monoisotopic (exact) mass is 382 g/mol. The van der Waals surface area contributed by atoms with Gasteiger partial charge in [-0.2, -0.15) is 0 Å². The summed E-state index contributed by atoms with van der Waals surface area (Å²) in [6, 6.07) is 7.14. The summed E-state index contributed by atoms with van der Waals surface area (Å²) in [7, 11) is 0. The molecule has 0 aliphatic carbocycles. The minimum atomic E-state index is -0.176. The van der Waals surface area contributed by atoms with Gasteiger partial charge in [0.05, 0.1) is 12.6 Å². The SMILES string of the molecule is CCC(CO)NC(=O)C1CCN(C(=O)c2ccc(Br)cc2)CC1. The lowest BCUT2D eigenvalue weighted by Gasteiger charge is -2.32. The van der Waals surface area contributed by atoms with Crippen LogP contribution in [0.4, 0.5) is 0 Å². The van der Waals surface area contributed by atoms with Crippen LogP contribution in [0.15, 0.2) is 28.7 Å². The van der Waals surface area contributed by atoms with Gasteiger partial charge in [0.25, 0.3) is 5.91 Å². The van der Waals surface area contributed by atoms with Gasteiger partial charge >= 0.3 is 0 Å². The number of halogens is 1. The van der Waals surface area contributed by atoms with E-state index in [1.54, 1.807) is 17.0 Å². The Morgan fingerprint density at radius 3 is 2.43 bits per heavy atom. The summed E-state index contributed by atoms with van der Waals surface area (Å²) in [4.78, 5) is 26.4. The number of aliphatic hydroxyl groups is 1. The molecule has 0 spiro atoms. The van der Waals surface area contributed by atoms with Crippen LogP contribution in [0.3, 0.4) is 0 Å². The van der Waals surface area contributed by atoms with Crippen molar-refractivity contribution < 1.29 is 14.7 Å². The zero-order chi connectivity index (χ0) is 16.8. The van der Waals surface area contributed by atoms with Crippen molar-refractivity contribution in [2.45, 2.75) is 32.2 Å². The molecule has 6 heteroatoms. The summed E-state index contributed by atoms with van der Waals surface area (Å²) in [6.07, 6.45) is 2.04. The highest BCUT2D eigenvalue weighted by Crippen LogP contribution is 2.20. The number of carbonyl (C=O) groups is 2. The highest BCUT2D eigenvalue weighted by Gasteiger charge is 2.28. The molecule has 1 aromatic carbocycles. The predicted octanol–water partition coefficient (Wildman–Crippen LogP) is 2.19. The molecule has 23 heavy (non-hydrogen) atoms.